The minimum absolute atomic E-state index is 1.23. The van der Waals surface area contributed by atoms with Gasteiger partial charge in [-0.15, -0.1) is 0 Å². The summed E-state index contributed by atoms with van der Waals surface area (Å²) in [6, 6.07) is 0. The summed E-state index contributed by atoms with van der Waals surface area (Å²) in [6.07, 6.45) is 53.4. The number of hydrogen-bond donors (Lipinski definition) is 0. The Kier molecular flexibility index (Phi) is 31.5. The highest BCUT2D eigenvalue weighted by atomic mass is 15.1. The smallest absolute Gasteiger partial charge is 0.234 e. The zero-order chi connectivity index (χ0) is 31.6. The Hall–Kier alpha value is -0.790. The summed E-state index contributed by atoms with van der Waals surface area (Å²) in [5.74, 6) is 1.62. The lowest BCUT2D eigenvalue weighted by atomic mass is 10.0. The maximum atomic E-state index is 2.64. The highest BCUT2D eigenvalue weighted by Gasteiger charge is 2.16. The minimum Gasteiger partial charge on any atom is -0.234 e. The summed E-state index contributed by atoms with van der Waals surface area (Å²) in [4.78, 5) is 0. The second-order valence-electron chi connectivity index (χ2n) is 14.5. The molecule has 0 unspecified atom stereocenters. The maximum absolute atomic E-state index is 2.64. The largest absolute Gasteiger partial charge is 0.256 e. The third-order valence-electron chi connectivity index (χ3n) is 10.1. The molecule has 0 N–H and O–H groups in total. The van der Waals surface area contributed by atoms with Crippen molar-refractivity contribution in [3.63, 3.8) is 0 Å². The Morgan fingerprint density at radius 2 is 0.705 bits per heavy atom. The minimum atomic E-state index is 1.23. The average Bonchev–Trinajstić information content (AvgIpc) is 3.42. The first-order chi connectivity index (χ1) is 21.8. The normalized spacial score (nSPS) is 11.6. The zero-order valence-corrected chi connectivity index (χ0v) is 31.0. The number of imidazole rings is 1. The quantitative estimate of drug-likeness (QED) is 0.0524. The standard InChI is InChI=1S/C42H83N2/c1-4-7-10-13-16-19-21-22-23-25-28-31-34-37-42-43(38-35-32-29-26-18-15-12-9-6-3)40-41-44(42)39-36-33-30-27-24-20-17-14-11-8-5-2/h40-41H,4-39H2,1-3H3/q+1. The molecule has 0 aliphatic rings. The fourth-order valence-corrected chi connectivity index (χ4v) is 7.03. The summed E-state index contributed by atoms with van der Waals surface area (Å²) in [5.41, 5.74) is 0. The second-order valence-corrected chi connectivity index (χ2v) is 14.5. The first-order valence-corrected chi connectivity index (χ1v) is 20.9. The fraction of sp³-hybridized carbons (Fsp3) is 0.929. The number of hydrogen-bond acceptors (Lipinski definition) is 0. The van der Waals surface area contributed by atoms with E-state index in [0.717, 1.165) is 0 Å². The van der Waals surface area contributed by atoms with Gasteiger partial charge in [-0.25, -0.2) is 9.13 Å². The fourth-order valence-electron chi connectivity index (χ4n) is 7.03. The van der Waals surface area contributed by atoms with Crippen LogP contribution in [0.3, 0.4) is 0 Å². The van der Waals surface area contributed by atoms with Gasteiger partial charge in [0.25, 0.3) is 5.82 Å². The van der Waals surface area contributed by atoms with Gasteiger partial charge in [-0.05, 0) is 32.1 Å². The SMILES string of the molecule is CCCCCCCCCCCCCCCc1n(CCCCCCCCCCCCC)cc[n+]1CCCCCCCCCCC. The molecule has 0 bridgehead atoms. The van der Waals surface area contributed by atoms with E-state index in [2.05, 4.69) is 42.3 Å². The third kappa shape index (κ3) is 25.4. The van der Waals surface area contributed by atoms with E-state index in [1.165, 1.54) is 231 Å². The first-order valence-electron chi connectivity index (χ1n) is 20.9. The van der Waals surface area contributed by atoms with E-state index < -0.39 is 0 Å². The summed E-state index contributed by atoms with van der Waals surface area (Å²) in [5, 5.41) is 0. The van der Waals surface area contributed by atoms with Gasteiger partial charge in [0.05, 0.1) is 13.1 Å². The lowest BCUT2D eigenvalue weighted by molar-refractivity contribution is -0.704. The molecule has 1 heterocycles. The Balaban J connectivity index is 2.29. The van der Waals surface area contributed by atoms with Gasteiger partial charge in [-0.1, -0.05) is 201 Å². The van der Waals surface area contributed by atoms with E-state index in [1.807, 2.05) is 0 Å². The summed E-state index contributed by atoms with van der Waals surface area (Å²) < 4.78 is 5.28. The van der Waals surface area contributed by atoms with Crippen LogP contribution >= 0.6 is 0 Å². The molecular weight excluding hydrogens is 532 g/mol. The van der Waals surface area contributed by atoms with Gasteiger partial charge >= 0.3 is 0 Å². The van der Waals surface area contributed by atoms with Gasteiger partial charge in [-0.3, -0.25) is 0 Å². The summed E-state index contributed by atoms with van der Waals surface area (Å²) in [7, 11) is 0. The number of unbranched alkanes of at least 4 members (excludes halogenated alkanes) is 30. The Morgan fingerprint density at radius 3 is 1.09 bits per heavy atom. The van der Waals surface area contributed by atoms with Crippen molar-refractivity contribution in [1.82, 2.24) is 4.57 Å². The second kappa shape index (κ2) is 33.6. The van der Waals surface area contributed by atoms with Crippen LogP contribution in [0.5, 0.6) is 0 Å². The van der Waals surface area contributed by atoms with E-state index in [1.54, 1.807) is 5.82 Å². The molecule has 0 saturated heterocycles. The van der Waals surface area contributed by atoms with Crippen molar-refractivity contribution in [2.75, 3.05) is 0 Å². The van der Waals surface area contributed by atoms with E-state index in [-0.39, 0.29) is 0 Å². The Labute approximate surface area is 279 Å². The molecule has 0 spiro atoms. The third-order valence-corrected chi connectivity index (χ3v) is 10.1. The Bertz CT molecular complexity index is 677. The molecule has 2 nitrogen and oxygen atoms in total. The van der Waals surface area contributed by atoms with Gasteiger partial charge < -0.3 is 0 Å². The summed E-state index contributed by atoms with van der Waals surface area (Å²) in [6.45, 7) is 9.41. The topological polar surface area (TPSA) is 8.81 Å². The van der Waals surface area contributed by atoms with Crippen molar-refractivity contribution < 1.29 is 4.57 Å². The van der Waals surface area contributed by atoms with Crippen molar-refractivity contribution in [3.8, 4) is 0 Å². The molecule has 0 aromatic carbocycles. The van der Waals surface area contributed by atoms with Crippen molar-refractivity contribution in [1.29, 1.82) is 0 Å². The molecule has 0 aliphatic heterocycles. The molecular formula is C42H83N2+. The molecule has 44 heavy (non-hydrogen) atoms. The lowest BCUT2D eigenvalue weighted by Crippen LogP contribution is -2.37. The molecule has 0 aliphatic carbocycles. The number of nitrogens with zero attached hydrogens (tertiary/aromatic N) is 2. The van der Waals surface area contributed by atoms with Crippen LogP contribution in [0.25, 0.3) is 0 Å². The van der Waals surface area contributed by atoms with Crippen molar-refractivity contribution in [3.05, 3.63) is 18.2 Å². The van der Waals surface area contributed by atoms with Crippen molar-refractivity contribution >= 4 is 0 Å². The molecule has 0 amide bonds. The molecule has 0 radical (unpaired) electrons. The van der Waals surface area contributed by atoms with Crippen LogP contribution in [0.15, 0.2) is 12.4 Å². The van der Waals surface area contributed by atoms with E-state index >= 15 is 0 Å². The van der Waals surface area contributed by atoms with E-state index in [4.69, 9.17) is 0 Å². The molecule has 2 heteroatoms. The monoisotopic (exact) mass is 616 g/mol. The molecule has 260 valence electrons. The average molecular weight is 616 g/mol. The highest BCUT2D eigenvalue weighted by molar-refractivity contribution is 4.84. The highest BCUT2D eigenvalue weighted by Crippen LogP contribution is 2.16. The van der Waals surface area contributed by atoms with Crippen LogP contribution in [0.2, 0.25) is 0 Å². The van der Waals surface area contributed by atoms with Gasteiger partial charge in [0.15, 0.2) is 0 Å². The van der Waals surface area contributed by atoms with Crippen LogP contribution in [0, 0.1) is 0 Å². The van der Waals surface area contributed by atoms with Crippen LogP contribution < -0.4 is 4.57 Å². The van der Waals surface area contributed by atoms with Gasteiger partial charge in [0.2, 0.25) is 0 Å². The van der Waals surface area contributed by atoms with Crippen LogP contribution in [0.4, 0.5) is 0 Å². The maximum Gasteiger partial charge on any atom is 0.256 e. The molecule has 0 saturated carbocycles. The molecule has 1 aromatic rings. The predicted molar refractivity (Wildman–Crippen MR) is 198 cm³/mol. The number of aryl methyl sites for hydroxylation is 2. The summed E-state index contributed by atoms with van der Waals surface area (Å²) >= 11 is 0. The molecule has 0 atom stereocenters. The van der Waals surface area contributed by atoms with Crippen molar-refractivity contribution in [2.45, 2.75) is 252 Å². The Morgan fingerprint density at radius 1 is 0.386 bits per heavy atom. The van der Waals surface area contributed by atoms with Crippen LogP contribution in [-0.2, 0) is 19.5 Å². The number of rotatable bonds is 36. The van der Waals surface area contributed by atoms with E-state index in [0.29, 0.717) is 0 Å². The molecule has 1 aromatic heterocycles. The van der Waals surface area contributed by atoms with Gasteiger partial charge in [-0.2, -0.15) is 0 Å². The first kappa shape index (κ1) is 41.2. The molecule has 0 fully saturated rings. The van der Waals surface area contributed by atoms with E-state index in [9.17, 15) is 0 Å². The van der Waals surface area contributed by atoms with Crippen LogP contribution in [0.1, 0.15) is 238 Å². The van der Waals surface area contributed by atoms with Crippen molar-refractivity contribution in [2.24, 2.45) is 0 Å². The van der Waals surface area contributed by atoms with Gasteiger partial charge in [0, 0.05) is 6.42 Å². The predicted octanol–water partition coefficient (Wildman–Crippen LogP) is 14.3. The number of aromatic nitrogens is 2. The van der Waals surface area contributed by atoms with Gasteiger partial charge in [0.1, 0.15) is 12.4 Å². The molecule has 1 rings (SSSR count). The zero-order valence-electron chi connectivity index (χ0n) is 31.0. The van der Waals surface area contributed by atoms with Crippen LogP contribution in [-0.4, -0.2) is 4.57 Å². The lowest BCUT2D eigenvalue weighted by Gasteiger charge is -2.07.